The van der Waals surface area contributed by atoms with Crippen LogP contribution in [0.25, 0.3) is 39.1 Å². The Hall–Kier alpha value is -4.32. The summed E-state index contributed by atoms with van der Waals surface area (Å²) in [5.41, 5.74) is 7.84. The first-order chi connectivity index (χ1) is 15.6. The lowest BCUT2D eigenvalue weighted by molar-refractivity contribution is 0.627. The van der Waals surface area contributed by atoms with Gasteiger partial charge in [0.15, 0.2) is 0 Å². The van der Waals surface area contributed by atoms with E-state index in [1.54, 1.807) is 30.7 Å². The third kappa shape index (κ3) is 3.52. The number of aryl methyl sites for hydroxylation is 1. The normalized spacial score (nSPS) is 11.8. The maximum atomic E-state index is 13.9. The van der Waals surface area contributed by atoms with Crippen LogP contribution in [0.4, 0.5) is 4.39 Å². The molecule has 5 nitrogen and oxygen atoms in total. The van der Waals surface area contributed by atoms with Crippen molar-refractivity contribution >= 4 is 16.5 Å². The van der Waals surface area contributed by atoms with Crippen molar-refractivity contribution in [2.75, 3.05) is 0 Å². The highest BCUT2D eigenvalue weighted by Gasteiger charge is 2.17. The number of hydrogen-bond donors (Lipinski definition) is 2. The molecular weight excluding hydrogens is 401 g/mol. The van der Waals surface area contributed by atoms with Gasteiger partial charge in [-0.3, -0.25) is 15.1 Å². The summed E-state index contributed by atoms with van der Waals surface area (Å²) in [5, 5.41) is 8.55. The first-order valence-corrected chi connectivity index (χ1v) is 10.2. The molecule has 0 radical (unpaired) electrons. The summed E-state index contributed by atoms with van der Waals surface area (Å²) in [6, 6.07) is 14.5. The van der Waals surface area contributed by atoms with E-state index in [1.165, 1.54) is 12.1 Å². The van der Waals surface area contributed by atoms with Gasteiger partial charge < -0.3 is 4.98 Å². The van der Waals surface area contributed by atoms with E-state index in [-0.39, 0.29) is 5.82 Å². The number of nitrogens with zero attached hydrogens (tertiary/aromatic N) is 3. The molecule has 4 heterocycles. The van der Waals surface area contributed by atoms with Crippen LogP contribution in [0.3, 0.4) is 0 Å². The number of aromatic amines is 2. The fourth-order valence-electron chi connectivity index (χ4n) is 3.87. The predicted molar refractivity (Wildman–Crippen MR) is 125 cm³/mol. The highest BCUT2D eigenvalue weighted by Crippen LogP contribution is 2.33. The summed E-state index contributed by atoms with van der Waals surface area (Å²) in [6.07, 6.45) is 8.91. The zero-order valence-electron chi connectivity index (χ0n) is 17.4. The molecule has 0 saturated carbocycles. The molecule has 32 heavy (non-hydrogen) atoms. The molecule has 4 aromatic heterocycles. The number of rotatable bonds is 5. The van der Waals surface area contributed by atoms with E-state index in [4.69, 9.17) is 0 Å². The topological polar surface area (TPSA) is 70.2 Å². The molecule has 0 aliphatic rings. The fourth-order valence-corrected chi connectivity index (χ4v) is 3.87. The number of pyridine rings is 2. The van der Waals surface area contributed by atoms with Gasteiger partial charge in [0, 0.05) is 34.6 Å². The second-order valence-corrected chi connectivity index (χ2v) is 7.48. The Labute approximate surface area is 184 Å². The van der Waals surface area contributed by atoms with Gasteiger partial charge in [0.25, 0.3) is 0 Å². The molecule has 0 atom stereocenters. The summed E-state index contributed by atoms with van der Waals surface area (Å²) in [6.45, 7) is 5.82. The van der Waals surface area contributed by atoms with Gasteiger partial charge in [-0.05, 0) is 54.5 Å². The average molecular weight is 421 g/mol. The quantitative estimate of drug-likeness (QED) is 0.338. The standard InChI is InChI=1S/C26H20FN5/c1-3-6-20(17-7-4-9-19(27)11-17)21-12-24(30-16(21)2)26-22-13-23(18-8-5-10-28-14-18)29-15-25(22)31-32-26/h3-15,30H,1H2,2H3,(H,31,32)/b20-6-. The maximum absolute atomic E-state index is 13.9. The lowest BCUT2D eigenvalue weighted by Gasteiger charge is -2.07. The van der Waals surface area contributed by atoms with Gasteiger partial charge in [-0.1, -0.05) is 30.9 Å². The van der Waals surface area contributed by atoms with E-state index < -0.39 is 0 Å². The number of allylic oxidation sites excluding steroid dienone is 2. The third-order valence-corrected chi connectivity index (χ3v) is 5.38. The monoisotopic (exact) mass is 421 g/mol. The molecule has 0 aliphatic heterocycles. The minimum absolute atomic E-state index is 0.278. The van der Waals surface area contributed by atoms with Crippen molar-refractivity contribution in [2.24, 2.45) is 0 Å². The van der Waals surface area contributed by atoms with Gasteiger partial charge in [-0.25, -0.2) is 4.39 Å². The molecule has 0 bridgehead atoms. The van der Waals surface area contributed by atoms with Crippen LogP contribution in [0.15, 0.2) is 85.9 Å². The van der Waals surface area contributed by atoms with Crippen LogP contribution in [0.5, 0.6) is 0 Å². The van der Waals surface area contributed by atoms with Crippen LogP contribution in [-0.4, -0.2) is 25.1 Å². The Morgan fingerprint density at radius 3 is 2.78 bits per heavy atom. The second kappa shape index (κ2) is 8.07. The van der Waals surface area contributed by atoms with Crippen molar-refractivity contribution in [3.8, 4) is 22.6 Å². The van der Waals surface area contributed by atoms with Crippen molar-refractivity contribution in [3.63, 3.8) is 0 Å². The van der Waals surface area contributed by atoms with Crippen molar-refractivity contribution in [3.05, 3.63) is 108 Å². The van der Waals surface area contributed by atoms with Crippen molar-refractivity contribution in [1.82, 2.24) is 25.1 Å². The van der Waals surface area contributed by atoms with Gasteiger partial charge in [-0.2, -0.15) is 5.10 Å². The van der Waals surface area contributed by atoms with Crippen LogP contribution in [0, 0.1) is 12.7 Å². The number of fused-ring (bicyclic) bond motifs is 1. The molecule has 2 N–H and O–H groups in total. The number of aromatic nitrogens is 5. The van der Waals surface area contributed by atoms with Crippen molar-refractivity contribution in [1.29, 1.82) is 0 Å². The molecule has 0 fully saturated rings. The predicted octanol–water partition coefficient (Wildman–Crippen LogP) is 6.08. The Bertz CT molecular complexity index is 1460. The molecule has 0 unspecified atom stereocenters. The van der Waals surface area contributed by atoms with E-state index in [1.807, 2.05) is 43.3 Å². The van der Waals surface area contributed by atoms with E-state index in [9.17, 15) is 4.39 Å². The third-order valence-electron chi connectivity index (χ3n) is 5.38. The first kappa shape index (κ1) is 19.6. The summed E-state index contributed by atoms with van der Waals surface area (Å²) in [5.74, 6) is -0.278. The van der Waals surface area contributed by atoms with E-state index in [0.717, 1.165) is 55.9 Å². The minimum atomic E-state index is -0.278. The van der Waals surface area contributed by atoms with E-state index in [0.29, 0.717) is 0 Å². The van der Waals surface area contributed by atoms with Crippen LogP contribution in [-0.2, 0) is 0 Å². The lowest BCUT2D eigenvalue weighted by Crippen LogP contribution is -1.89. The van der Waals surface area contributed by atoms with Crippen molar-refractivity contribution in [2.45, 2.75) is 6.92 Å². The molecular formula is C26H20FN5. The number of halogens is 1. The average Bonchev–Trinajstić information content (AvgIpc) is 3.41. The Balaban J connectivity index is 1.62. The summed E-state index contributed by atoms with van der Waals surface area (Å²) < 4.78 is 13.9. The number of nitrogens with one attached hydrogen (secondary N) is 2. The number of H-pyrrole nitrogens is 2. The van der Waals surface area contributed by atoms with Gasteiger partial charge in [-0.15, -0.1) is 0 Å². The van der Waals surface area contributed by atoms with Crippen LogP contribution in [0.2, 0.25) is 0 Å². The zero-order valence-corrected chi connectivity index (χ0v) is 17.4. The Kier molecular flexibility index (Phi) is 4.95. The molecule has 156 valence electrons. The SMILES string of the molecule is C=C/C=C(/c1cccc(F)c1)c1cc(-c2n[nH]c3cnc(-c4cccnc4)cc23)[nH]c1C. The van der Waals surface area contributed by atoms with Gasteiger partial charge in [0.1, 0.15) is 11.5 Å². The highest BCUT2D eigenvalue weighted by molar-refractivity contribution is 5.95. The van der Waals surface area contributed by atoms with Gasteiger partial charge in [0.2, 0.25) is 0 Å². The summed E-state index contributed by atoms with van der Waals surface area (Å²) >= 11 is 0. The van der Waals surface area contributed by atoms with Gasteiger partial charge >= 0.3 is 0 Å². The highest BCUT2D eigenvalue weighted by atomic mass is 19.1. The van der Waals surface area contributed by atoms with Gasteiger partial charge in [0.05, 0.1) is 23.1 Å². The summed E-state index contributed by atoms with van der Waals surface area (Å²) in [4.78, 5) is 12.2. The van der Waals surface area contributed by atoms with Crippen LogP contribution in [0.1, 0.15) is 16.8 Å². The van der Waals surface area contributed by atoms with Crippen LogP contribution < -0.4 is 0 Å². The molecule has 0 aliphatic carbocycles. The molecule has 6 heteroatoms. The lowest BCUT2D eigenvalue weighted by atomic mass is 9.97. The molecule has 0 spiro atoms. The fraction of sp³-hybridized carbons (Fsp3) is 0.0385. The number of benzene rings is 1. The zero-order chi connectivity index (χ0) is 22.1. The van der Waals surface area contributed by atoms with E-state index >= 15 is 0 Å². The molecule has 0 saturated heterocycles. The minimum Gasteiger partial charge on any atom is -0.357 e. The maximum Gasteiger partial charge on any atom is 0.123 e. The smallest absolute Gasteiger partial charge is 0.123 e. The van der Waals surface area contributed by atoms with E-state index in [2.05, 4.69) is 31.7 Å². The molecule has 5 rings (SSSR count). The second-order valence-electron chi connectivity index (χ2n) is 7.48. The first-order valence-electron chi connectivity index (χ1n) is 10.2. The molecule has 5 aromatic rings. The van der Waals surface area contributed by atoms with Crippen molar-refractivity contribution < 1.29 is 4.39 Å². The largest absolute Gasteiger partial charge is 0.357 e. The number of hydrogen-bond acceptors (Lipinski definition) is 3. The van der Waals surface area contributed by atoms with Crippen LogP contribution >= 0.6 is 0 Å². The molecule has 1 aromatic carbocycles. The Morgan fingerprint density at radius 2 is 2.00 bits per heavy atom. The molecule has 0 amide bonds. The Morgan fingerprint density at radius 1 is 1.09 bits per heavy atom. The summed E-state index contributed by atoms with van der Waals surface area (Å²) in [7, 11) is 0.